The van der Waals surface area contributed by atoms with Crippen LogP contribution in [0.4, 0.5) is 5.69 Å². The van der Waals surface area contributed by atoms with Crippen molar-refractivity contribution < 1.29 is 14.6 Å². The SMILES string of the molecule is CCC(C(C(=O)O)c1ccccc1)N1CCN(c2ccccc2OC)CC1. The van der Waals surface area contributed by atoms with E-state index in [0.29, 0.717) is 0 Å². The summed E-state index contributed by atoms with van der Waals surface area (Å²) in [6.07, 6.45) is 0.806. The summed E-state index contributed by atoms with van der Waals surface area (Å²) in [5.74, 6) is -0.375. The topological polar surface area (TPSA) is 53.0 Å². The van der Waals surface area contributed by atoms with Crippen LogP contribution in [0.1, 0.15) is 24.8 Å². The fraction of sp³-hybridized carbons (Fsp3) is 0.409. The van der Waals surface area contributed by atoms with E-state index in [0.717, 1.165) is 49.6 Å². The largest absolute Gasteiger partial charge is 0.495 e. The lowest BCUT2D eigenvalue weighted by Crippen LogP contribution is -2.52. The number of methoxy groups -OCH3 is 1. The van der Waals surface area contributed by atoms with Crippen molar-refractivity contribution >= 4 is 11.7 Å². The monoisotopic (exact) mass is 368 g/mol. The molecule has 2 aromatic carbocycles. The molecule has 1 fully saturated rings. The van der Waals surface area contributed by atoms with Crippen molar-refractivity contribution in [3.8, 4) is 5.75 Å². The standard InChI is InChI=1S/C22H28N2O3/c1-3-18(21(22(25)26)17-9-5-4-6-10-17)23-13-15-24(16-14-23)19-11-7-8-12-20(19)27-2/h4-12,18,21H,3,13-16H2,1-2H3,(H,25,26). The summed E-state index contributed by atoms with van der Waals surface area (Å²) in [5.41, 5.74) is 1.98. The van der Waals surface area contributed by atoms with Crippen molar-refractivity contribution in [2.75, 3.05) is 38.2 Å². The molecule has 0 aliphatic carbocycles. The maximum Gasteiger partial charge on any atom is 0.312 e. The van der Waals surface area contributed by atoms with Crippen molar-refractivity contribution in [1.29, 1.82) is 0 Å². The van der Waals surface area contributed by atoms with Gasteiger partial charge in [0.25, 0.3) is 0 Å². The number of rotatable bonds is 7. The third-order valence-corrected chi connectivity index (χ3v) is 5.44. The number of aliphatic carboxylic acids is 1. The fourth-order valence-electron chi connectivity index (χ4n) is 4.08. The zero-order valence-electron chi connectivity index (χ0n) is 16.0. The first kappa shape index (κ1) is 19.2. The summed E-state index contributed by atoms with van der Waals surface area (Å²) in [5, 5.41) is 9.90. The van der Waals surface area contributed by atoms with Crippen LogP contribution in [0.5, 0.6) is 5.75 Å². The molecule has 2 aromatic rings. The van der Waals surface area contributed by atoms with Gasteiger partial charge in [-0.05, 0) is 24.1 Å². The van der Waals surface area contributed by atoms with Gasteiger partial charge in [0.2, 0.25) is 0 Å². The van der Waals surface area contributed by atoms with Gasteiger partial charge in [0.15, 0.2) is 0 Å². The number of anilines is 1. The lowest BCUT2D eigenvalue weighted by molar-refractivity contribution is -0.140. The number of nitrogens with zero attached hydrogens (tertiary/aromatic N) is 2. The van der Waals surface area contributed by atoms with Crippen LogP contribution in [-0.2, 0) is 4.79 Å². The van der Waals surface area contributed by atoms with E-state index in [9.17, 15) is 9.90 Å². The molecule has 2 atom stereocenters. The number of hydrogen-bond donors (Lipinski definition) is 1. The highest BCUT2D eigenvalue weighted by Gasteiger charge is 2.34. The third-order valence-electron chi connectivity index (χ3n) is 5.44. The average Bonchev–Trinajstić information content (AvgIpc) is 2.72. The lowest BCUT2D eigenvalue weighted by Gasteiger charge is -2.42. The highest BCUT2D eigenvalue weighted by molar-refractivity contribution is 5.77. The Labute approximate surface area is 161 Å². The summed E-state index contributed by atoms with van der Waals surface area (Å²) in [4.78, 5) is 16.7. The van der Waals surface area contributed by atoms with Gasteiger partial charge in [-0.1, -0.05) is 49.4 Å². The van der Waals surface area contributed by atoms with Crippen LogP contribution >= 0.6 is 0 Å². The molecule has 0 aromatic heterocycles. The number of para-hydroxylation sites is 2. The number of hydrogen-bond acceptors (Lipinski definition) is 4. The van der Waals surface area contributed by atoms with Crippen LogP contribution in [0.25, 0.3) is 0 Å². The molecule has 5 heteroatoms. The molecule has 1 N–H and O–H groups in total. The van der Waals surface area contributed by atoms with Gasteiger partial charge in [-0.15, -0.1) is 0 Å². The van der Waals surface area contributed by atoms with Gasteiger partial charge in [-0.25, -0.2) is 0 Å². The van der Waals surface area contributed by atoms with Crippen molar-refractivity contribution in [2.45, 2.75) is 25.3 Å². The van der Waals surface area contributed by atoms with Gasteiger partial charge < -0.3 is 14.7 Å². The summed E-state index contributed by atoms with van der Waals surface area (Å²) < 4.78 is 5.49. The van der Waals surface area contributed by atoms with E-state index in [1.807, 2.05) is 48.5 Å². The summed E-state index contributed by atoms with van der Waals surface area (Å²) >= 11 is 0. The zero-order valence-corrected chi connectivity index (χ0v) is 16.0. The number of carboxylic acid groups (broad SMARTS) is 1. The van der Waals surface area contributed by atoms with E-state index in [4.69, 9.17) is 4.74 Å². The minimum atomic E-state index is -0.750. The van der Waals surface area contributed by atoms with Crippen LogP contribution < -0.4 is 9.64 Å². The average molecular weight is 368 g/mol. The van der Waals surface area contributed by atoms with Gasteiger partial charge in [0.05, 0.1) is 18.7 Å². The van der Waals surface area contributed by atoms with Crippen LogP contribution in [0, 0.1) is 0 Å². The minimum Gasteiger partial charge on any atom is -0.495 e. The Bertz CT molecular complexity index is 742. The van der Waals surface area contributed by atoms with E-state index >= 15 is 0 Å². The van der Waals surface area contributed by atoms with Crippen LogP contribution in [0.15, 0.2) is 54.6 Å². The predicted octanol–water partition coefficient (Wildman–Crippen LogP) is 3.46. The van der Waals surface area contributed by atoms with Crippen LogP contribution in [-0.4, -0.2) is 55.3 Å². The van der Waals surface area contributed by atoms with Crippen molar-refractivity contribution in [3.05, 3.63) is 60.2 Å². The van der Waals surface area contributed by atoms with E-state index in [1.165, 1.54) is 0 Å². The minimum absolute atomic E-state index is 0.00952. The Morgan fingerprint density at radius 1 is 1.04 bits per heavy atom. The second-order valence-electron chi connectivity index (χ2n) is 6.90. The van der Waals surface area contributed by atoms with Gasteiger partial charge >= 0.3 is 5.97 Å². The van der Waals surface area contributed by atoms with Crippen LogP contribution in [0.3, 0.4) is 0 Å². The first-order valence-electron chi connectivity index (χ1n) is 9.55. The first-order chi connectivity index (χ1) is 13.2. The summed E-state index contributed by atoms with van der Waals surface area (Å²) in [6, 6.07) is 17.6. The molecule has 0 bridgehead atoms. The van der Waals surface area contributed by atoms with Crippen molar-refractivity contribution in [2.24, 2.45) is 0 Å². The smallest absolute Gasteiger partial charge is 0.312 e. The van der Waals surface area contributed by atoms with Crippen molar-refractivity contribution in [3.63, 3.8) is 0 Å². The second-order valence-corrected chi connectivity index (χ2v) is 6.90. The number of ether oxygens (including phenoxy) is 1. The predicted molar refractivity (Wildman–Crippen MR) is 108 cm³/mol. The maximum atomic E-state index is 12.1. The second kappa shape index (κ2) is 8.91. The molecule has 1 aliphatic rings. The molecule has 0 spiro atoms. The highest BCUT2D eigenvalue weighted by Crippen LogP contribution is 2.31. The van der Waals surface area contributed by atoms with Gasteiger partial charge in [0, 0.05) is 32.2 Å². The lowest BCUT2D eigenvalue weighted by atomic mass is 9.88. The Morgan fingerprint density at radius 3 is 2.26 bits per heavy atom. The molecule has 3 rings (SSSR count). The van der Waals surface area contributed by atoms with Crippen LogP contribution in [0.2, 0.25) is 0 Å². The number of benzene rings is 2. The van der Waals surface area contributed by atoms with E-state index in [-0.39, 0.29) is 6.04 Å². The molecule has 0 amide bonds. The molecule has 1 saturated heterocycles. The highest BCUT2D eigenvalue weighted by atomic mass is 16.5. The van der Waals surface area contributed by atoms with E-state index < -0.39 is 11.9 Å². The quantitative estimate of drug-likeness (QED) is 0.811. The third kappa shape index (κ3) is 4.25. The Morgan fingerprint density at radius 2 is 1.67 bits per heavy atom. The molecule has 27 heavy (non-hydrogen) atoms. The van der Waals surface area contributed by atoms with E-state index in [2.05, 4.69) is 22.8 Å². The van der Waals surface area contributed by atoms with E-state index in [1.54, 1.807) is 7.11 Å². The molecule has 2 unspecified atom stereocenters. The number of piperazine rings is 1. The molecule has 0 saturated carbocycles. The summed E-state index contributed by atoms with van der Waals surface area (Å²) in [7, 11) is 1.69. The molecular weight excluding hydrogens is 340 g/mol. The molecule has 0 radical (unpaired) electrons. The molecule has 144 valence electrons. The Kier molecular flexibility index (Phi) is 6.35. The van der Waals surface area contributed by atoms with Gasteiger partial charge in [-0.3, -0.25) is 9.69 Å². The van der Waals surface area contributed by atoms with Crippen molar-refractivity contribution in [1.82, 2.24) is 4.90 Å². The zero-order chi connectivity index (χ0) is 19.2. The molecular formula is C22H28N2O3. The Hall–Kier alpha value is -2.53. The molecule has 1 aliphatic heterocycles. The number of carbonyl (C=O) groups is 1. The number of carboxylic acids is 1. The summed E-state index contributed by atoms with van der Waals surface area (Å²) in [6.45, 7) is 5.48. The molecule has 5 nitrogen and oxygen atoms in total. The molecule has 1 heterocycles. The van der Waals surface area contributed by atoms with Gasteiger partial charge in [-0.2, -0.15) is 0 Å². The fourth-order valence-corrected chi connectivity index (χ4v) is 4.08. The van der Waals surface area contributed by atoms with Gasteiger partial charge in [0.1, 0.15) is 5.75 Å². The normalized spacial score (nSPS) is 17.3. The Balaban J connectivity index is 1.74. The first-order valence-corrected chi connectivity index (χ1v) is 9.55. The maximum absolute atomic E-state index is 12.1.